The van der Waals surface area contributed by atoms with Crippen LogP contribution in [0.4, 0.5) is 0 Å². The van der Waals surface area contributed by atoms with Gasteiger partial charge in [-0.1, -0.05) is 6.07 Å². The third-order valence-electron chi connectivity index (χ3n) is 4.22. The van der Waals surface area contributed by atoms with Crippen LogP contribution >= 0.6 is 0 Å². The third-order valence-corrected chi connectivity index (χ3v) is 4.22. The minimum Gasteiger partial charge on any atom is -0.453 e. The van der Waals surface area contributed by atoms with Gasteiger partial charge in [0.05, 0.1) is 5.56 Å². The molecule has 23 heavy (non-hydrogen) atoms. The summed E-state index contributed by atoms with van der Waals surface area (Å²) in [6.45, 7) is 1.86. The van der Waals surface area contributed by atoms with Crippen molar-refractivity contribution < 1.29 is 13.1 Å². The summed E-state index contributed by atoms with van der Waals surface area (Å²) in [7, 11) is 1.86. The first kappa shape index (κ1) is 10.9. The van der Waals surface area contributed by atoms with Crippen LogP contribution in [0.25, 0.3) is 33.3 Å². The maximum absolute atomic E-state index is 7.60. The van der Waals surface area contributed by atoms with Crippen molar-refractivity contribution in [1.82, 2.24) is 4.98 Å². The molecule has 0 unspecified atom stereocenters. The van der Waals surface area contributed by atoms with E-state index in [0.29, 0.717) is 5.56 Å². The minimum atomic E-state index is -2.13. The molecule has 0 aliphatic heterocycles. The topological polar surface area (TPSA) is 29.9 Å². The molecule has 114 valence electrons. The smallest absolute Gasteiger partial charge is 0.216 e. The highest BCUT2D eigenvalue weighted by Gasteiger charge is 2.20. The Morgan fingerprint density at radius 2 is 1.96 bits per heavy atom. The molecule has 0 aliphatic carbocycles. The van der Waals surface area contributed by atoms with Crippen LogP contribution in [0.1, 0.15) is 20.9 Å². The second kappa shape index (κ2) is 4.92. The fourth-order valence-electron chi connectivity index (χ4n) is 3.09. The minimum absolute atomic E-state index is 0.315. The molecule has 0 atom stereocenters. The van der Waals surface area contributed by atoms with Gasteiger partial charge in [0.25, 0.3) is 0 Å². The Balaban J connectivity index is 2.02. The normalized spacial score (nSPS) is 14.0. The predicted molar refractivity (Wildman–Crippen MR) is 92.3 cm³/mol. The molecule has 0 saturated heterocycles. The lowest BCUT2D eigenvalue weighted by Gasteiger charge is -2.05. The van der Waals surface area contributed by atoms with Gasteiger partial charge in [-0.2, -0.15) is 0 Å². The molecule has 0 fully saturated rings. The summed E-state index contributed by atoms with van der Waals surface area (Å²) >= 11 is 0. The van der Waals surface area contributed by atoms with Gasteiger partial charge in [-0.25, -0.2) is 9.55 Å². The highest BCUT2D eigenvalue weighted by molar-refractivity contribution is 6.07. The number of aryl methyl sites for hydroxylation is 4. The van der Waals surface area contributed by atoms with E-state index in [1.54, 1.807) is 12.3 Å². The van der Waals surface area contributed by atoms with Crippen LogP contribution in [0.2, 0.25) is 0 Å². The lowest BCUT2D eigenvalue weighted by molar-refractivity contribution is -0.660. The van der Waals surface area contributed by atoms with Crippen LogP contribution in [-0.4, -0.2) is 4.98 Å². The van der Waals surface area contributed by atoms with Gasteiger partial charge < -0.3 is 4.42 Å². The number of hydrogen-bond donors (Lipinski definition) is 0. The highest BCUT2D eigenvalue weighted by atomic mass is 16.3. The van der Waals surface area contributed by atoms with Gasteiger partial charge in [0, 0.05) is 26.8 Å². The molecule has 0 amide bonds. The largest absolute Gasteiger partial charge is 0.453 e. The molecule has 4 aromatic rings. The lowest BCUT2D eigenvalue weighted by atomic mass is 10.0. The average molecular weight is 306 g/mol. The fourth-order valence-corrected chi connectivity index (χ4v) is 3.09. The van der Waals surface area contributed by atoms with Crippen molar-refractivity contribution in [1.29, 1.82) is 0 Å². The number of pyridine rings is 2. The van der Waals surface area contributed by atoms with Gasteiger partial charge in [-0.05, 0) is 50.5 Å². The first-order valence-electron chi connectivity index (χ1n) is 9.06. The van der Waals surface area contributed by atoms with E-state index in [0.717, 1.165) is 44.6 Å². The van der Waals surface area contributed by atoms with Gasteiger partial charge >= 0.3 is 0 Å². The number of hydrogen-bond acceptors (Lipinski definition) is 2. The van der Waals surface area contributed by atoms with Crippen molar-refractivity contribution in [2.45, 2.75) is 20.7 Å². The van der Waals surface area contributed by atoms with Gasteiger partial charge in [0.15, 0.2) is 17.4 Å². The van der Waals surface area contributed by atoms with Crippen molar-refractivity contribution in [3.63, 3.8) is 0 Å². The second-order valence-electron chi connectivity index (χ2n) is 5.95. The molecule has 0 saturated carbocycles. The van der Waals surface area contributed by atoms with E-state index in [2.05, 4.69) is 4.98 Å². The Hall–Kier alpha value is -2.68. The molecule has 0 N–H and O–H groups in total. The molecule has 0 spiro atoms. The van der Waals surface area contributed by atoms with Crippen LogP contribution in [-0.2, 0) is 7.05 Å². The molecular weight excluding hydrogens is 284 g/mol. The molecule has 3 aromatic heterocycles. The van der Waals surface area contributed by atoms with E-state index in [1.165, 1.54) is 0 Å². The second-order valence-corrected chi connectivity index (χ2v) is 5.95. The molecule has 3 nitrogen and oxygen atoms in total. The average Bonchev–Trinajstić information content (AvgIpc) is 2.92. The molecule has 4 rings (SSSR count). The van der Waals surface area contributed by atoms with Crippen molar-refractivity contribution in [3.8, 4) is 11.3 Å². The van der Waals surface area contributed by atoms with Crippen LogP contribution < -0.4 is 4.57 Å². The summed E-state index contributed by atoms with van der Waals surface area (Å²) < 4.78 is 30.8. The van der Waals surface area contributed by atoms with Crippen LogP contribution in [0.3, 0.4) is 0 Å². The molecular formula is C20H19N2O+. The zero-order valence-electron chi connectivity index (χ0n) is 16.3. The lowest BCUT2D eigenvalue weighted by Crippen LogP contribution is -2.31. The number of benzene rings is 1. The molecule has 3 heteroatoms. The first-order valence-corrected chi connectivity index (χ1v) is 7.56. The van der Waals surface area contributed by atoms with E-state index < -0.39 is 6.85 Å². The number of nitrogens with zero attached hydrogens (tertiary/aromatic N) is 2. The summed E-state index contributed by atoms with van der Waals surface area (Å²) in [5, 5.41) is 0.962. The summed E-state index contributed by atoms with van der Waals surface area (Å²) in [6, 6.07) is 11.5. The summed E-state index contributed by atoms with van der Waals surface area (Å²) in [6.07, 6.45) is 1.66. The standard InChI is InChI=1S/C20H19N2O/c1-12-5-9-16(22(4)11-12)18-13(2)6-8-15-19-17(23-20(15)18)10-7-14(3)21-19/h5-11H,1-4H3/q+1/i1D3. The quantitative estimate of drug-likeness (QED) is 0.488. The van der Waals surface area contributed by atoms with Gasteiger partial charge in [-0.3, -0.25) is 0 Å². The predicted octanol–water partition coefficient (Wildman–Crippen LogP) is 4.40. The van der Waals surface area contributed by atoms with E-state index in [4.69, 9.17) is 8.53 Å². The number of furan rings is 1. The third kappa shape index (κ3) is 2.12. The fraction of sp³-hybridized carbons (Fsp3) is 0.200. The maximum Gasteiger partial charge on any atom is 0.216 e. The molecule has 3 heterocycles. The van der Waals surface area contributed by atoms with E-state index >= 15 is 0 Å². The SMILES string of the molecule is [2H]C([2H])([2H])c1ccc(-c2c(C)ccc3c2oc2ccc(C)nc23)[n+](C)c1. The number of rotatable bonds is 1. The van der Waals surface area contributed by atoms with Crippen LogP contribution in [0, 0.1) is 20.7 Å². The molecule has 0 radical (unpaired) electrons. The van der Waals surface area contributed by atoms with Crippen molar-refractivity contribution in [2.24, 2.45) is 7.05 Å². The monoisotopic (exact) mass is 306 g/mol. The first-order chi connectivity index (χ1) is 12.3. The highest BCUT2D eigenvalue weighted by Crippen LogP contribution is 2.36. The molecule has 1 aromatic carbocycles. The van der Waals surface area contributed by atoms with Gasteiger partial charge in [-0.15, -0.1) is 0 Å². The Bertz CT molecular complexity index is 1160. The van der Waals surface area contributed by atoms with E-state index in [1.807, 2.05) is 55.8 Å². The Morgan fingerprint density at radius 1 is 1.09 bits per heavy atom. The van der Waals surface area contributed by atoms with Gasteiger partial charge in [0.2, 0.25) is 5.69 Å². The zero-order chi connectivity index (χ0) is 18.6. The van der Waals surface area contributed by atoms with Crippen molar-refractivity contribution in [2.75, 3.05) is 0 Å². The summed E-state index contributed by atoms with van der Waals surface area (Å²) in [5.41, 5.74) is 6.54. The summed E-state index contributed by atoms with van der Waals surface area (Å²) in [4.78, 5) is 4.62. The Kier molecular flexibility index (Phi) is 2.34. The number of aromatic nitrogens is 2. The van der Waals surface area contributed by atoms with Gasteiger partial charge in [0.1, 0.15) is 12.6 Å². The Morgan fingerprint density at radius 3 is 2.74 bits per heavy atom. The maximum atomic E-state index is 7.60. The van der Waals surface area contributed by atoms with Crippen LogP contribution in [0.15, 0.2) is 47.0 Å². The molecule has 0 bridgehead atoms. The molecule has 0 aliphatic rings. The number of fused-ring (bicyclic) bond motifs is 3. The summed E-state index contributed by atoms with van der Waals surface area (Å²) in [5.74, 6) is 0. The van der Waals surface area contributed by atoms with Crippen LogP contribution in [0.5, 0.6) is 0 Å². The van der Waals surface area contributed by atoms with E-state index in [-0.39, 0.29) is 0 Å². The Labute approximate surface area is 139 Å². The van der Waals surface area contributed by atoms with Crippen molar-refractivity contribution >= 4 is 22.1 Å². The zero-order valence-corrected chi connectivity index (χ0v) is 13.3. The van der Waals surface area contributed by atoms with Crippen molar-refractivity contribution in [3.05, 3.63) is 59.4 Å². The van der Waals surface area contributed by atoms with E-state index in [9.17, 15) is 0 Å².